The Kier molecular flexibility index (Phi) is 3.17. The van der Waals surface area contributed by atoms with Gasteiger partial charge in [-0.25, -0.2) is 0 Å². The molecule has 0 amide bonds. The number of ketones is 1. The molecule has 3 rings (SSSR count). The maximum atomic E-state index is 11.8. The van der Waals surface area contributed by atoms with Crippen LogP contribution in [0.4, 0.5) is 0 Å². The van der Waals surface area contributed by atoms with Crippen molar-refractivity contribution < 1.29 is 9.53 Å². The minimum absolute atomic E-state index is 0.269. The fourth-order valence-electron chi connectivity index (χ4n) is 3.62. The lowest BCUT2D eigenvalue weighted by molar-refractivity contribution is -0.113. The summed E-state index contributed by atoms with van der Waals surface area (Å²) in [4.78, 5) is 11.8. The highest BCUT2D eigenvalue weighted by Gasteiger charge is 2.30. The van der Waals surface area contributed by atoms with Gasteiger partial charge in [-0.3, -0.25) is 4.79 Å². The summed E-state index contributed by atoms with van der Waals surface area (Å²) in [5.41, 5.74) is 5.32. The number of carbonyl (C=O) groups is 1. The van der Waals surface area contributed by atoms with Gasteiger partial charge < -0.3 is 4.74 Å². The van der Waals surface area contributed by atoms with Gasteiger partial charge in [0.1, 0.15) is 5.75 Å². The van der Waals surface area contributed by atoms with Gasteiger partial charge in [0.05, 0.1) is 7.11 Å². The highest BCUT2D eigenvalue weighted by molar-refractivity contribution is 5.94. The van der Waals surface area contributed by atoms with Crippen molar-refractivity contribution in [3.63, 3.8) is 0 Å². The van der Waals surface area contributed by atoms with E-state index in [0.29, 0.717) is 5.92 Å². The molecular formula is C17H20O2. The molecule has 2 aliphatic rings. The molecule has 0 radical (unpaired) electrons. The molecule has 19 heavy (non-hydrogen) atoms. The Balaban J connectivity index is 2.09. The SMILES string of the molecule is COc1ccc2c(c1)C1CCCC(C(C)=O)=C1CC2. The first-order valence-electron chi connectivity index (χ1n) is 7.10. The maximum Gasteiger partial charge on any atom is 0.155 e. The minimum Gasteiger partial charge on any atom is -0.497 e. The second kappa shape index (κ2) is 4.84. The van der Waals surface area contributed by atoms with E-state index in [2.05, 4.69) is 12.1 Å². The van der Waals surface area contributed by atoms with Crippen molar-refractivity contribution >= 4 is 5.78 Å². The van der Waals surface area contributed by atoms with Crippen molar-refractivity contribution in [3.05, 3.63) is 40.5 Å². The van der Waals surface area contributed by atoms with Gasteiger partial charge in [0.2, 0.25) is 0 Å². The predicted octanol–water partition coefficient (Wildman–Crippen LogP) is 3.79. The summed E-state index contributed by atoms with van der Waals surface area (Å²) in [5.74, 6) is 1.65. The Labute approximate surface area is 114 Å². The maximum absolute atomic E-state index is 11.8. The van der Waals surface area contributed by atoms with Gasteiger partial charge in [0.15, 0.2) is 5.78 Å². The largest absolute Gasteiger partial charge is 0.497 e. The number of rotatable bonds is 2. The number of ether oxygens (including phenoxy) is 1. The molecule has 0 aliphatic heterocycles. The van der Waals surface area contributed by atoms with Crippen LogP contribution in [0.5, 0.6) is 5.75 Å². The van der Waals surface area contributed by atoms with E-state index in [1.54, 1.807) is 14.0 Å². The molecular weight excluding hydrogens is 236 g/mol. The first kappa shape index (κ1) is 12.5. The van der Waals surface area contributed by atoms with Crippen LogP contribution >= 0.6 is 0 Å². The molecule has 2 heteroatoms. The third-order valence-corrected chi connectivity index (χ3v) is 4.54. The van der Waals surface area contributed by atoms with Crippen molar-refractivity contribution in [2.75, 3.05) is 7.11 Å². The fraction of sp³-hybridized carbons (Fsp3) is 0.471. The number of carbonyl (C=O) groups excluding carboxylic acids is 1. The Morgan fingerprint density at radius 2 is 2.11 bits per heavy atom. The Morgan fingerprint density at radius 1 is 1.26 bits per heavy atom. The van der Waals surface area contributed by atoms with Crippen LogP contribution in [0.25, 0.3) is 0 Å². The second-order valence-corrected chi connectivity index (χ2v) is 5.57. The van der Waals surface area contributed by atoms with E-state index >= 15 is 0 Å². The van der Waals surface area contributed by atoms with Gasteiger partial charge >= 0.3 is 0 Å². The van der Waals surface area contributed by atoms with E-state index in [1.165, 1.54) is 23.1 Å². The van der Waals surface area contributed by atoms with Gasteiger partial charge in [-0.1, -0.05) is 11.6 Å². The Morgan fingerprint density at radius 3 is 2.84 bits per heavy atom. The second-order valence-electron chi connectivity index (χ2n) is 5.57. The van der Waals surface area contributed by atoms with Crippen molar-refractivity contribution in [1.82, 2.24) is 0 Å². The summed E-state index contributed by atoms with van der Waals surface area (Å²) in [7, 11) is 1.71. The molecule has 2 nitrogen and oxygen atoms in total. The van der Waals surface area contributed by atoms with E-state index in [1.807, 2.05) is 6.07 Å². The van der Waals surface area contributed by atoms with Crippen LogP contribution < -0.4 is 4.74 Å². The zero-order valence-corrected chi connectivity index (χ0v) is 11.7. The van der Waals surface area contributed by atoms with Crippen LogP contribution in [0.2, 0.25) is 0 Å². The summed E-state index contributed by atoms with van der Waals surface area (Å²) in [6.45, 7) is 1.71. The number of hydrogen-bond acceptors (Lipinski definition) is 2. The monoisotopic (exact) mass is 256 g/mol. The number of allylic oxidation sites excluding steroid dienone is 2. The predicted molar refractivity (Wildman–Crippen MR) is 75.6 cm³/mol. The lowest BCUT2D eigenvalue weighted by atomic mass is 9.71. The van der Waals surface area contributed by atoms with Crippen molar-refractivity contribution in [1.29, 1.82) is 0 Å². The first-order chi connectivity index (χ1) is 9.20. The van der Waals surface area contributed by atoms with Gasteiger partial charge in [0.25, 0.3) is 0 Å². The molecule has 1 unspecified atom stereocenters. The lowest BCUT2D eigenvalue weighted by Crippen LogP contribution is -2.20. The standard InChI is InChI=1S/C17H20O2/c1-11(18)14-4-3-5-15-16(14)9-7-12-6-8-13(19-2)10-17(12)15/h6,8,10,15H,3-5,7,9H2,1-2H3. The van der Waals surface area contributed by atoms with Crippen molar-refractivity contribution in [2.45, 2.75) is 44.9 Å². The van der Waals surface area contributed by atoms with Crippen LogP contribution in [0.3, 0.4) is 0 Å². The summed E-state index contributed by atoms with van der Waals surface area (Å²) in [5, 5.41) is 0. The minimum atomic E-state index is 0.269. The number of fused-ring (bicyclic) bond motifs is 3. The molecule has 100 valence electrons. The lowest BCUT2D eigenvalue weighted by Gasteiger charge is -2.34. The molecule has 1 aromatic rings. The smallest absolute Gasteiger partial charge is 0.155 e. The quantitative estimate of drug-likeness (QED) is 0.804. The van der Waals surface area contributed by atoms with Gasteiger partial charge in [0, 0.05) is 5.92 Å². The van der Waals surface area contributed by atoms with Gasteiger partial charge in [-0.2, -0.15) is 0 Å². The van der Waals surface area contributed by atoms with E-state index in [0.717, 1.165) is 37.0 Å². The average Bonchev–Trinajstić information content (AvgIpc) is 2.45. The molecule has 0 heterocycles. The zero-order chi connectivity index (χ0) is 13.4. The molecule has 0 spiro atoms. The molecule has 0 saturated heterocycles. The molecule has 2 aliphatic carbocycles. The van der Waals surface area contributed by atoms with E-state index in [-0.39, 0.29) is 5.78 Å². The molecule has 1 atom stereocenters. The topological polar surface area (TPSA) is 26.3 Å². The van der Waals surface area contributed by atoms with Crippen LogP contribution in [0.1, 0.15) is 49.7 Å². The molecule has 0 N–H and O–H groups in total. The van der Waals surface area contributed by atoms with Crippen LogP contribution in [-0.2, 0) is 11.2 Å². The van der Waals surface area contributed by atoms with Crippen LogP contribution in [0.15, 0.2) is 29.3 Å². The molecule has 0 aromatic heterocycles. The number of methoxy groups -OCH3 is 1. The molecule has 1 aromatic carbocycles. The van der Waals surface area contributed by atoms with Gasteiger partial charge in [-0.05, 0) is 67.9 Å². The fourth-order valence-corrected chi connectivity index (χ4v) is 3.62. The molecule has 0 bridgehead atoms. The molecule has 0 saturated carbocycles. The summed E-state index contributed by atoms with van der Waals surface area (Å²) < 4.78 is 5.35. The first-order valence-corrected chi connectivity index (χ1v) is 7.10. The van der Waals surface area contributed by atoms with Crippen LogP contribution in [0, 0.1) is 0 Å². The van der Waals surface area contributed by atoms with E-state index in [4.69, 9.17) is 4.74 Å². The Bertz CT molecular complexity index is 554. The summed E-state index contributed by atoms with van der Waals surface area (Å²) in [6.07, 6.45) is 5.38. The number of benzene rings is 1. The van der Waals surface area contributed by atoms with Crippen molar-refractivity contribution in [2.24, 2.45) is 0 Å². The summed E-state index contributed by atoms with van der Waals surface area (Å²) >= 11 is 0. The Hall–Kier alpha value is -1.57. The molecule has 0 fully saturated rings. The number of Topliss-reactive ketones (excluding diaryl/α,β-unsaturated/α-hetero) is 1. The number of aryl methyl sites for hydroxylation is 1. The third kappa shape index (κ3) is 2.09. The summed E-state index contributed by atoms with van der Waals surface area (Å²) in [6, 6.07) is 6.40. The average molecular weight is 256 g/mol. The van der Waals surface area contributed by atoms with E-state index < -0.39 is 0 Å². The highest BCUT2D eigenvalue weighted by Crippen LogP contribution is 2.45. The normalized spacial score (nSPS) is 21.7. The van der Waals surface area contributed by atoms with Crippen molar-refractivity contribution in [3.8, 4) is 5.75 Å². The van der Waals surface area contributed by atoms with Crippen LogP contribution in [-0.4, -0.2) is 12.9 Å². The van der Waals surface area contributed by atoms with Gasteiger partial charge in [-0.15, -0.1) is 0 Å². The highest BCUT2D eigenvalue weighted by atomic mass is 16.5. The third-order valence-electron chi connectivity index (χ3n) is 4.54. The van der Waals surface area contributed by atoms with E-state index in [9.17, 15) is 4.79 Å². The number of hydrogen-bond donors (Lipinski definition) is 0. The zero-order valence-electron chi connectivity index (χ0n) is 11.7.